The Morgan fingerprint density at radius 2 is 1.55 bits per heavy atom. The summed E-state index contributed by atoms with van der Waals surface area (Å²) in [5.41, 5.74) is 3.91. The molecule has 1 heterocycles. The smallest absolute Gasteiger partial charge is 0.324 e. The Kier molecular flexibility index (Phi) is 6.45. The molecule has 0 radical (unpaired) electrons. The van der Waals surface area contributed by atoms with Crippen LogP contribution < -0.4 is 15.4 Å². The number of benzene rings is 3. The average molecular weight is 442 g/mol. The molecular weight excluding hydrogens is 414 g/mol. The molecule has 4 aromatic rings. The molecule has 2 N–H and O–H groups in total. The normalized spacial score (nSPS) is 11.1. The molecule has 6 nitrogen and oxygen atoms in total. The number of nitrogens with one attached hydrogen (secondary N) is 2. The fraction of sp³-hybridized carbons (Fsp3) is 0.185. The molecule has 0 aliphatic rings. The molecule has 0 atom stereocenters. The van der Waals surface area contributed by atoms with Crippen LogP contribution in [0.3, 0.4) is 0 Å². The maximum absolute atomic E-state index is 12.2. The van der Waals surface area contributed by atoms with Crippen LogP contribution in [0.5, 0.6) is 5.75 Å². The monoisotopic (exact) mass is 441 g/mol. The number of carbonyl (C=O) groups is 1. The van der Waals surface area contributed by atoms with E-state index < -0.39 is 6.03 Å². The fourth-order valence-electron chi connectivity index (χ4n) is 3.19. The number of amides is 2. The summed E-state index contributed by atoms with van der Waals surface area (Å²) >= 11 is 0. The zero-order chi connectivity index (χ0) is 23.3. The molecule has 4 rings (SSSR count). The zero-order valence-electron chi connectivity index (χ0n) is 19.0. The Morgan fingerprint density at radius 3 is 2.18 bits per heavy atom. The lowest BCUT2D eigenvalue weighted by atomic mass is 9.93. The number of ether oxygens (including phenoxy) is 1. The van der Waals surface area contributed by atoms with Gasteiger partial charge in [-0.15, -0.1) is 0 Å². The van der Waals surface area contributed by atoms with E-state index >= 15 is 0 Å². The Morgan fingerprint density at radius 1 is 0.879 bits per heavy atom. The number of nitrogens with zero attached hydrogens (tertiary/aromatic N) is 1. The highest BCUT2D eigenvalue weighted by Gasteiger charge is 2.20. The van der Waals surface area contributed by atoms with E-state index in [1.165, 1.54) is 11.1 Å². The van der Waals surface area contributed by atoms with Crippen molar-refractivity contribution < 1.29 is 14.1 Å². The lowest BCUT2D eigenvalue weighted by Crippen LogP contribution is -2.19. The van der Waals surface area contributed by atoms with Gasteiger partial charge in [0.1, 0.15) is 18.1 Å². The lowest BCUT2D eigenvalue weighted by Gasteiger charge is -2.12. The predicted octanol–water partition coefficient (Wildman–Crippen LogP) is 6.86. The summed E-state index contributed by atoms with van der Waals surface area (Å²) in [5, 5.41) is 9.34. The van der Waals surface area contributed by atoms with Crippen molar-refractivity contribution in [2.75, 3.05) is 10.6 Å². The number of hydrogen-bond donors (Lipinski definition) is 2. The largest absolute Gasteiger partial charge is 0.489 e. The van der Waals surface area contributed by atoms with Gasteiger partial charge in [0.15, 0.2) is 5.82 Å². The van der Waals surface area contributed by atoms with Gasteiger partial charge < -0.3 is 14.6 Å². The van der Waals surface area contributed by atoms with Crippen molar-refractivity contribution in [2.24, 2.45) is 0 Å². The summed E-state index contributed by atoms with van der Waals surface area (Å²) in [6.45, 7) is 6.51. The van der Waals surface area contributed by atoms with Crippen molar-refractivity contribution in [1.29, 1.82) is 0 Å². The molecule has 0 unspecified atom stereocenters. The number of rotatable bonds is 6. The second-order valence-corrected chi connectivity index (χ2v) is 8.78. The molecule has 0 bridgehead atoms. The minimum atomic E-state index is -0.393. The lowest BCUT2D eigenvalue weighted by molar-refractivity contribution is 0.262. The second kappa shape index (κ2) is 9.61. The molecule has 2 amide bonds. The minimum absolute atomic E-state index is 0.177. The van der Waals surface area contributed by atoms with Crippen LogP contribution >= 0.6 is 0 Å². The van der Waals surface area contributed by atoms with E-state index in [2.05, 4.69) is 52.2 Å². The standard InChI is InChI=1S/C27H27N3O3/c1-27(2,3)24-17-25(30-33-24)29-26(31)28-22-13-15-23(16-14-22)32-18-19-9-11-21(12-10-19)20-7-5-4-6-8-20/h4-17H,18H2,1-3H3,(H2,28,29,30,31). The minimum Gasteiger partial charge on any atom is -0.489 e. The van der Waals surface area contributed by atoms with Gasteiger partial charge >= 0.3 is 6.03 Å². The molecule has 6 heteroatoms. The van der Waals surface area contributed by atoms with Crippen LogP contribution in [0.15, 0.2) is 89.5 Å². The molecule has 1 aromatic heterocycles. The third kappa shape index (κ3) is 6.01. The first-order valence-electron chi connectivity index (χ1n) is 10.8. The van der Waals surface area contributed by atoms with E-state index in [-0.39, 0.29) is 5.41 Å². The van der Waals surface area contributed by atoms with Crippen LogP contribution in [0, 0.1) is 0 Å². The number of aromatic nitrogens is 1. The Balaban J connectivity index is 1.27. The second-order valence-electron chi connectivity index (χ2n) is 8.78. The first kappa shape index (κ1) is 22.1. The molecular formula is C27H27N3O3. The Bertz CT molecular complexity index is 1190. The summed E-state index contributed by atoms with van der Waals surface area (Å²) < 4.78 is 11.2. The van der Waals surface area contributed by atoms with Crippen LogP contribution in [0.2, 0.25) is 0 Å². The summed E-state index contributed by atoms with van der Waals surface area (Å²) in [5.74, 6) is 1.80. The van der Waals surface area contributed by atoms with E-state index in [0.29, 0.717) is 23.9 Å². The summed E-state index contributed by atoms with van der Waals surface area (Å²) in [7, 11) is 0. The molecule has 3 aromatic carbocycles. The molecule has 168 valence electrons. The molecule has 0 spiro atoms. The maximum atomic E-state index is 12.2. The van der Waals surface area contributed by atoms with Crippen molar-refractivity contribution in [1.82, 2.24) is 5.16 Å². The van der Waals surface area contributed by atoms with Gasteiger partial charge in [0.25, 0.3) is 0 Å². The molecule has 0 saturated heterocycles. The van der Waals surface area contributed by atoms with E-state index in [1.807, 2.05) is 51.1 Å². The third-order valence-electron chi connectivity index (χ3n) is 5.07. The van der Waals surface area contributed by atoms with Crippen LogP contribution in [-0.2, 0) is 12.0 Å². The highest BCUT2D eigenvalue weighted by atomic mass is 16.5. The third-order valence-corrected chi connectivity index (χ3v) is 5.07. The summed E-state index contributed by atoms with van der Waals surface area (Å²) in [4.78, 5) is 12.2. The highest BCUT2D eigenvalue weighted by Crippen LogP contribution is 2.25. The Labute approximate surface area is 193 Å². The first-order chi connectivity index (χ1) is 15.9. The van der Waals surface area contributed by atoms with Gasteiger partial charge in [-0.1, -0.05) is 80.5 Å². The number of hydrogen-bond acceptors (Lipinski definition) is 4. The van der Waals surface area contributed by atoms with Crippen molar-refractivity contribution in [3.05, 3.63) is 96.3 Å². The zero-order valence-corrected chi connectivity index (χ0v) is 19.0. The van der Waals surface area contributed by atoms with Gasteiger partial charge in [-0.2, -0.15) is 0 Å². The van der Waals surface area contributed by atoms with E-state index in [0.717, 1.165) is 11.3 Å². The predicted molar refractivity (Wildman–Crippen MR) is 130 cm³/mol. The molecule has 0 aliphatic heterocycles. The van der Waals surface area contributed by atoms with Crippen LogP contribution in [0.25, 0.3) is 11.1 Å². The quantitative estimate of drug-likeness (QED) is 0.343. The number of urea groups is 1. The molecule has 0 saturated carbocycles. The van der Waals surface area contributed by atoms with Gasteiger partial charge in [-0.05, 0) is 41.0 Å². The SMILES string of the molecule is CC(C)(C)c1cc(NC(=O)Nc2ccc(OCc3ccc(-c4ccccc4)cc3)cc2)no1. The highest BCUT2D eigenvalue weighted by molar-refractivity contribution is 5.99. The molecule has 0 aliphatic carbocycles. The molecule has 33 heavy (non-hydrogen) atoms. The van der Waals surface area contributed by atoms with Gasteiger partial charge in [0.05, 0.1) is 0 Å². The number of carbonyl (C=O) groups excluding carboxylic acids is 1. The van der Waals surface area contributed by atoms with Gasteiger partial charge in [-0.25, -0.2) is 4.79 Å². The van der Waals surface area contributed by atoms with Gasteiger partial charge in [-0.3, -0.25) is 5.32 Å². The van der Waals surface area contributed by atoms with Crippen molar-refractivity contribution in [3.8, 4) is 16.9 Å². The number of anilines is 2. The van der Waals surface area contributed by atoms with E-state index in [1.54, 1.807) is 18.2 Å². The summed E-state index contributed by atoms with van der Waals surface area (Å²) in [6, 6.07) is 27.1. The maximum Gasteiger partial charge on any atom is 0.324 e. The van der Waals surface area contributed by atoms with Crippen LogP contribution in [0.4, 0.5) is 16.3 Å². The molecule has 0 fully saturated rings. The average Bonchev–Trinajstić information content (AvgIpc) is 3.28. The van der Waals surface area contributed by atoms with Crippen LogP contribution in [0.1, 0.15) is 32.1 Å². The van der Waals surface area contributed by atoms with Crippen molar-refractivity contribution in [2.45, 2.75) is 32.8 Å². The van der Waals surface area contributed by atoms with Crippen LogP contribution in [-0.4, -0.2) is 11.2 Å². The Hall–Kier alpha value is -4.06. The van der Waals surface area contributed by atoms with Gasteiger partial charge in [0, 0.05) is 17.2 Å². The topological polar surface area (TPSA) is 76.4 Å². The first-order valence-corrected chi connectivity index (χ1v) is 10.8. The van der Waals surface area contributed by atoms with E-state index in [9.17, 15) is 4.79 Å². The van der Waals surface area contributed by atoms with E-state index in [4.69, 9.17) is 9.26 Å². The van der Waals surface area contributed by atoms with Crippen molar-refractivity contribution >= 4 is 17.5 Å². The summed E-state index contributed by atoms with van der Waals surface area (Å²) in [6.07, 6.45) is 0. The van der Waals surface area contributed by atoms with Crippen molar-refractivity contribution in [3.63, 3.8) is 0 Å². The van der Waals surface area contributed by atoms with Gasteiger partial charge in [0.2, 0.25) is 0 Å². The fourth-order valence-corrected chi connectivity index (χ4v) is 3.19.